The van der Waals surface area contributed by atoms with Gasteiger partial charge in [0.25, 0.3) is 5.91 Å². The first kappa shape index (κ1) is 38.5. The number of fused-ring (bicyclic) bond motifs is 4. The Morgan fingerprint density at radius 3 is 2.33 bits per heavy atom. The van der Waals surface area contributed by atoms with Crippen LogP contribution in [-0.2, 0) is 6.42 Å². The first-order valence-corrected chi connectivity index (χ1v) is 20.7. The maximum atomic E-state index is 14.8. The summed E-state index contributed by atoms with van der Waals surface area (Å²) in [5.74, 6) is 4.34. The Balaban J connectivity index is 1.13. The number of nitrogens with zero attached hydrogens (tertiary/aromatic N) is 5. The molecule has 0 spiro atoms. The Morgan fingerprint density at radius 2 is 1.58 bits per heavy atom. The standard InChI is InChI=1S/C49H55N5O3/c1-9-19-54(20-12-21-56-36-17-15-33(16-18-36)46-52-50-32(4)51-53-46)47(55)38-14-11-10-13-37(38)45-41-24-39-30(2)26-48(5,6)28-34(39)22-43(41)57-44-23-35-29-49(7,8)27-31(3)40(35)25-42(44)45/h10-11,13-18,22-25,28,30-31H,9,12,19-21,26-27,29H2,1-8H3. The van der Waals surface area contributed by atoms with Crippen molar-refractivity contribution in [2.75, 3.05) is 19.7 Å². The van der Waals surface area contributed by atoms with E-state index in [1.54, 1.807) is 6.92 Å². The first-order valence-electron chi connectivity index (χ1n) is 20.7. The van der Waals surface area contributed by atoms with E-state index in [-0.39, 0.29) is 16.7 Å². The lowest BCUT2D eigenvalue weighted by Gasteiger charge is -2.37. The normalized spacial score (nSPS) is 18.6. The highest BCUT2D eigenvalue weighted by atomic mass is 16.5. The molecule has 57 heavy (non-hydrogen) atoms. The summed E-state index contributed by atoms with van der Waals surface area (Å²) in [6.07, 6.45) is 7.19. The SMILES string of the molecule is CCCN(CCCOc1ccc(-c2nnc(C)nn2)cc1)C(=O)c1ccccc1C1=c2cc3c(cc2Oc2cc4c(cc21)C(C)CC(C)(C)C4)=CC(C)(C)CC3C. The lowest BCUT2D eigenvalue weighted by Crippen LogP contribution is -2.34. The minimum Gasteiger partial charge on any atom is -0.494 e. The molecule has 2 unspecified atom stereocenters. The van der Waals surface area contributed by atoms with Crippen molar-refractivity contribution in [3.8, 4) is 28.6 Å². The second kappa shape index (κ2) is 15.2. The van der Waals surface area contributed by atoms with Crippen LogP contribution in [0, 0.1) is 17.8 Å². The molecule has 8 rings (SSSR count). The zero-order valence-electron chi connectivity index (χ0n) is 34.8. The minimum atomic E-state index is 0.0358. The summed E-state index contributed by atoms with van der Waals surface area (Å²) in [7, 11) is 0. The molecule has 0 N–H and O–H groups in total. The maximum absolute atomic E-state index is 14.8. The van der Waals surface area contributed by atoms with Gasteiger partial charge in [-0.1, -0.05) is 72.7 Å². The van der Waals surface area contributed by atoms with Crippen LogP contribution in [0.3, 0.4) is 0 Å². The molecule has 294 valence electrons. The molecule has 2 aliphatic carbocycles. The monoisotopic (exact) mass is 761 g/mol. The van der Waals surface area contributed by atoms with Gasteiger partial charge in [-0.05, 0) is 144 Å². The molecule has 1 aliphatic heterocycles. The molecule has 2 atom stereocenters. The molecule has 0 radical (unpaired) electrons. The number of hydrogen-bond donors (Lipinski definition) is 0. The highest BCUT2D eigenvalue weighted by Gasteiger charge is 2.34. The Labute approximate surface area is 337 Å². The number of benzene rings is 4. The van der Waals surface area contributed by atoms with Gasteiger partial charge in [0.05, 0.1) is 6.61 Å². The number of rotatable bonds is 10. The fraction of sp³-hybridized carbons (Fsp3) is 0.408. The summed E-state index contributed by atoms with van der Waals surface area (Å²) in [6, 6.07) is 25.1. The summed E-state index contributed by atoms with van der Waals surface area (Å²) < 4.78 is 13.1. The molecule has 8 nitrogen and oxygen atoms in total. The number of amides is 1. The highest BCUT2D eigenvalue weighted by Crippen LogP contribution is 2.47. The van der Waals surface area contributed by atoms with Crippen LogP contribution >= 0.6 is 0 Å². The third-order valence-corrected chi connectivity index (χ3v) is 11.9. The molecule has 1 aromatic heterocycles. The zero-order valence-corrected chi connectivity index (χ0v) is 34.8. The summed E-state index contributed by atoms with van der Waals surface area (Å²) in [5, 5.41) is 18.6. The average molecular weight is 762 g/mol. The zero-order chi connectivity index (χ0) is 40.1. The summed E-state index contributed by atoms with van der Waals surface area (Å²) in [5.41, 5.74) is 9.06. The molecule has 0 bridgehead atoms. The van der Waals surface area contributed by atoms with Gasteiger partial charge in [-0.2, -0.15) is 0 Å². The Hall–Kier alpha value is -5.37. The van der Waals surface area contributed by atoms with E-state index in [9.17, 15) is 4.79 Å². The molecule has 4 aromatic carbocycles. The van der Waals surface area contributed by atoms with E-state index < -0.39 is 0 Å². The van der Waals surface area contributed by atoms with Gasteiger partial charge in [0, 0.05) is 40.6 Å². The third-order valence-electron chi connectivity index (χ3n) is 11.9. The van der Waals surface area contributed by atoms with Crippen LogP contribution in [0.5, 0.6) is 17.2 Å². The van der Waals surface area contributed by atoms with Crippen LogP contribution in [0.4, 0.5) is 0 Å². The largest absolute Gasteiger partial charge is 0.494 e. The van der Waals surface area contributed by atoms with E-state index in [0.29, 0.717) is 55.2 Å². The fourth-order valence-corrected chi connectivity index (χ4v) is 9.62. The maximum Gasteiger partial charge on any atom is 0.254 e. The number of ether oxygens (including phenoxy) is 2. The van der Waals surface area contributed by atoms with Gasteiger partial charge in [-0.3, -0.25) is 4.79 Å². The van der Waals surface area contributed by atoms with E-state index in [1.165, 1.54) is 21.9 Å². The Bertz CT molecular complexity index is 2450. The molecule has 0 saturated heterocycles. The van der Waals surface area contributed by atoms with Gasteiger partial charge in [-0.25, -0.2) is 0 Å². The van der Waals surface area contributed by atoms with Crippen molar-refractivity contribution in [2.45, 2.75) is 99.3 Å². The number of carbonyl (C=O) groups is 1. The van der Waals surface area contributed by atoms with E-state index in [2.05, 4.69) is 111 Å². The van der Waals surface area contributed by atoms with Gasteiger partial charge in [0.2, 0.25) is 5.82 Å². The van der Waals surface area contributed by atoms with Gasteiger partial charge in [-0.15, -0.1) is 20.4 Å². The van der Waals surface area contributed by atoms with Crippen molar-refractivity contribution in [2.24, 2.45) is 10.8 Å². The summed E-state index contributed by atoms with van der Waals surface area (Å²) >= 11 is 0. The highest BCUT2D eigenvalue weighted by molar-refractivity contribution is 6.02. The molecule has 0 fully saturated rings. The molecule has 2 heterocycles. The quantitative estimate of drug-likeness (QED) is 0.129. The van der Waals surface area contributed by atoms with Crippen molar-refractivity contribution in [3.63, 3.8) is 0 Å². The number of aryl methyl sites for hydroxylation is 1. The second-order valence-electron chi connectivity index (χ2n) is 18.0. The van der Waals surface area contributed by atoms with E-state index in [1.807, 2.05) is 41.3 Å². The minimum absolute atomic E-state index is 0.0358. The summed E-state index contributed by atoms with van der Waals surface area (Å²) in [6.45, 7) is 19.7. The van der Waals surface area contributed by atoms with Crippen LogP contribution in [0.15, 0.2) is 72.8 Å². The van der Waals surface area contributed by atoms with Crippen LogP contribution in [-0.4, -0.2) is 50.9 Å². The molecular weight excluding hydrogens is 707 g/mol. The predicted molar refractivity (Wildman–Crippen MR) is 226 cm³/mol. The van der Waals surface area contributed by atoms with E-state index in [4.69, 9.17) is 9.47 Å². The van der Waals surface area contributed by atoms with Crippen molar-refractivity contribution in [1.29, 1.82) is 0 Å². The molecule has 3 aliphatic rings. The number of aromatic nitrogens is 4. The Kier molecular flexibility index (Phi) is 10.3. The van der Waals surface area contributed by atoms with Crippen LogP contribution < -0.4 is 19.9 Å². The molecule has 8 heteroatoms. The van der Waals surface area contributed by atoms with E-state index in [0.717, 1.165) is 70.4 Å². The smallest absolute Gasteiger partial charge is 0.254 e. The molecule has 5 aromatic rings. The molecule has 1 amide bonds. The van der Waals surface area contributed by atoms with Crippen molar-refractivity contribution in [3.05, 3.63) is 122 Å². The predicted octanol–water partition coefficient (Wildman–Crippen LogP) is 9.31. The number of carbonyl (C=O) groups excluding carboxylic acids is 1. The van der Waals surface area contributed by atoms with Crippen molar-refractivity contribution >= 4 is 17.6 Å². The van der Waals surface area contributed by atoms with Crippen LogP contribution in [0.25, 0.3) is 23.0 Å². The third kappa shape index (κ3) is 7.83. The van der Waals surface area contributed by atoms with Gasteiger partial charge in [0.15, 0.2) is 5.82 Å². The summed E-state index contributed by atoms with van der Waals surface area (Å²) in [4.78, 5) is 16.8. The Morgan fingerprint density at radius 1 is 0.842 bits per heavy atom. The van der Waals surface area contributed by atoms with Crippen molar-refractivity contribution in [1.82, 2.24) is 25.3 Å². The topological polar surface area (TPSA) is 90.3 Å². The number of hydrogen-bond acceptors (Lipinski definition) is 7. The fourth-order valence-electron chi connectivity index (χ4n) is 9.62. The van der Waals surface area contributed by atoms with Crippen LogP contribution in [0.1, 0.15) is 130 Å². The van der Waals surface area contributed by atoms with Gasteiger partial charge in [0.1, 0.15) is 17.2 Å². The van der Waals surface area contributed by atoms with Gasteiger partial charge >= 0.3 is 0 Å². The second-order valence-corrected chi connectivity index (χ2v) is 18.0. The lowest BCUT2D eigenvalue weighted by molar-refractivity contribution is 0.0746. The average Bonchev–Trinajstić information content (AvgIpc) is 3.16. The van der Waals surface area contributed by atoms with Crippen molar-refractivity contribution < 1.29 is 14.3 Å². The lowest BCUT2D eigenvalue weighted by atomic mass is 9.69. The molecular formula is C49H55N5O3. The van der Waals surface area contributed by atoms with Gasteiger partial charge < -0.3 is 14.4 Å². The van der Waals surface area contributed by atoms with E-state index >= 15 is 0 Å². The molecule has 0 saturated carbocycles. The van der Waals surface area contributed by atoms with Crippen LogP contribution in [0.2, 0.25) is 0 Å². The first-order chi connectivity index (χ1) is 27.3.